The molecule has 0 saturated carbocycles. The van der Waals surface area contributed by atoms with Crippen molar-refractivity contribution in [3.05, 3.63) is 58.6 Å². The molecule has 1 fully saturated rings. The van der Waals surface area contributed by atoms with Crippen molar-refractivity contribution >= 4 is 39.1 Å². The molecular formula is C19H15BrN2O2. The monoisotopic (exact) mass is 382 g/mol. The van der Waals surface area contributed by atoms with Crippen LogP contribution < -0.4 is 10.2 Å². The van der Waals surface area contributed by atoms with Crippen molar-refractivity contribution in [2.45, 2.75) is 6.42 Å². The van der Waals surface area contributed by atoms with Crippen LogP contribution in [-0.4, -0.2) is 18.4 Å². The fraction of sp³-hybridized carbons (Fsp3) is 0.158. The van der Waals surface area contributed by atoms with E-state index in [1.165, 1.54) is 0 Å². The summed E-state index contributed by atoms with van der Waals surface area (Å²) in [6.45, 7) is 0.371. The van der Waals surface area contributed by atoms with Gasteiger partial charge in [-0.25, -0.2) is 0 Å². The molecule has 0 aromatic heterocycles. The number of nitrogens with one attached hydrogen (secondary N) is 1. The molecule has 3 rings (SSSR count). The minimum Gasteiger partial charge on any atom is -0.326 e. The SMILES string of the molecule is C#Cc1cccc(NC(=O)C2CC(=O)N(c3cccc(Br)c3)C2)c1. The Balaban J connectivity index is 1.71. The minimum atomic E-state index is -0.383. The molecule has 2 aromatic carbocycles. The number of carbonyl (C=O) groups excluding carboxylic acids is 2. The summed E-state index contributed by atoms with van der Waals surface area (Å²) >= 11 is 3.40. The number of terminal acetylenes is 1. The summed E-state index contributed by atoms with van der Waals surface area (Å²) in [4.78, 5) is 26.4. The maximum atomic E-state index is 12.5. The summed E-state index contributed by atoms with van der Waals surface area (Å²) in [7, 11) is 0. The molecule has 24 heavy (non-hydrogen) atoms. The largest absolute Gasteiger partial charge is 0.326 e. The standard InChI is InChI=1S/C19H15BrN2O2/c1-2-13-5-3-7-16(9-13)21-19(24)14-10-18(23)22(12-14)17-8-4-6-15(20)11-17/h1,3-9,11,14H,10,12H2,(H,21,24). The van der Waals surface area contributed by atoms with Gasteiger partial charge in [0.2, 0.25) is 11.8 Å². The Kier molecular flexibility index (Phi) is 4.68. The van der Waals surface area contributed by atoms with E-state index in [9.17, 15) is 9.59 Å². The van der Waals surface area contributed by atoms with Crippen LogP contribution in [0.4, 0.5) is 11.4 Å². The Morgan fingerprint density at radius 2 is 2.04 bits per heavy atom. The number of anilines is 2. The van der Waals surface area contributed by atoms with Gasteiger partial charge in [0.1, 0.15) is 0 Å². The molecule has 2 amide bonds. The van der Waals surface area contributed by atoms with Crippen LogP contribution in [0.15, 0.2) is 53.0 Å². The third-order valence-corrected chi connectivity index (χ3v) is 4.41. The lowest BCUT2D eigenvalue weighted by Crippen LogP contribution is -2.28. The van der Waals surface area contributed by atoms with Crippen molar-refractivity contribution < 1.29 is 9.59 Å². The third kappa shape index (κ3) is 3.50. The maximum Gasteiger partial charge on any atom is 0.229 e. The van der Waals surface area contributed by atoms with Crippen LogP contribution in [0.25, 0.3) is 0 Å². The van der Waals surface area contributed by atoms with Crippen LogP contribution in [0.3, 0.4) is 0 Å². The number of amides is 2. The van der Waals surface area contributed by atoms with Gasteiger partial charge in [0, 0.05) is 34.4 Å². The van der Waals surface area contributed by atoms with Crippen LogP contribution >= 0.6 is 15.9 Å². The Morgan fingerprint density at radius 3 is 2.79 bits per heavy atom. The fourth-order valence-corrected chi connectivity index (χ4v) is 3.09. The Hall–Kier alpha value is -2.58. The Morgan fingerprint density at radius 1 is 1.25 bits per heavy atom. The van der Waals surface area contributed by atoms with E-state index in [4.69, 9.17) is 6.42 Å². The molecule has 1 atom stereocenters. The first kappa shape index (κ1) is 16.3. The molecule has 1 aliphatic heterocycles. The molecule has 1 aliphatic rings. The van der Waals surface area contributed by atoms with E-state index in [2.05, 4.69) is 27.2 Å². The quantitative estimate of drug-likeness (QED) is 0.826. The van der Waals surface area contributed by atoms with Crippen molar-refractivity contribution in [3.63, 3.8) is 0 Å². The lowest BCUT2D eigenvalue weighted by atomic mass is 10.1. The summed E-state index contributed by atoms with van der Waals surface area (Å²) in [5, 5.41) is 2.84. The smallest absolute Gasteiger partial charge is 0.229 e. The number of hydrogen-bond acceptors (Lipinski definition) is 2. The Bertz CT molecular complexity index is 841. The van der Waals surface area contributed by atoms with Crippen LogP contribution in [0, 0.1) is 18.3 Å². The van der Waals surface area contributed by atoms with E-state index in [0.29, 0.717) is 17.8 Å². The average Bonchev–Trinajstić information content (AvgIpc) is 2.97. The van der Waals surface area contributed by atoms with Gasteiger partial charge in [-0.1, -0.05) is 34.0 Å². The van der Waals surface area contributed by atoms with Crippen LogP contribution in [0.5, 0.6) is 0 Å². The highest BCUT2D eigenvalue weighted by atomic mass is 79.9. The predicted octanol–water partition coefficient (Wildman–Crippen LogP) is 3.42. The van der Waals surface area contributed by atoms with E-state index in [1.54, 1.807) is 29.2 Å². The average molecular weight is 383 g/mol. The molecule has 2 aromatic rings. The number of halogens is 1. The van der Waals surface area contributed by atoms with E-state index in [-0.39, 0.29) is 24.2 Å². The molecule has 1 saturated heterocycles. The molecule has 0 radical (unpaired) electrons. The number of carbonyl (C=O) groups is 2. The lowest BCUT2D eigenvalue weighted by molar-refractivity contribution is -0.122. The first-order valence-electron chi connectivity index (χ1n) is 7.50. The maximum absolute atomic E-state index is 12.5. The minimum absolute atomic E-state index is 0.0503. The summed E-state index contributed by atoms with van der Waals surface area (Å²) in [6.07, 6.45) is 5.57. The zero-order valence-electron chi connectivity index (χ0n) is 12.8. The zero-order chi connectivity index (χ0) is 17.1. The first-order valence-corrected chi connectivity index (χ1v) is 8.29. The van der Waals surface area contributed by atoms with Gasteiger partial charge >= 0.3 is 0 Å². The van der Waals surface area contributed by atoms with Crippen LogP contribution in [0.2, 0.25) is 0 Å². The van der Waals surface area contributed by atoms with E-state index < -0.39 is 0 Å². The van der Waals surface area contributed by atoms with Crippen molar-refractivity contribution in [1.29, 1.82) is 0 Å². The van der Waals surface area contributed by atoms with Crippen molar-refractivity contribution in [3.8, 4) is 12.3 Å². The topological polar surface area (TPSA) is 49.4 Å². The highest BCUT2D eigenvalue weighted by molar-refractivity contribution is 9.10. The van der Waals surface area contributed by atoms with Crippen molar-refractivity contribution in [2.75, 3.05) is 16.8 Å². The van der Waals surface area contributed by atoms with Crippen LogP contribution in [0.1, 0.15) is 12.0 Å². The second kappa shape index (κ2) is 6.90. The Labute approximate surface area is 149 Å². The van der Waals surface area contributed by atoms with Gasteiger partial charge in [0.25, 0.3) is 0 Å². The summed E-state index contributed by atoms with van der Waals surface area (Å²) < 4.78 is 0.895. The number of nitrogens with zero attached hydrogens (tertiary/aromatic N) is 1. The molecule has 5 heteroatoms. The number of rotatable bonds is 3. The van der Waals surface area contributed by atoms with E-state index in [0.717, 1.165) is 10.2 Å². The molecular weight excluding hydrogens is 368 g/mol. The highest BCUT2D eigenvalue weighted by Crippen LogP contribution is 2.28. The van der Waals surface area contributed by atoms with Gasteiger partial charge in [-0.15, -0.1) is 6.42 Å². The van der Waals surface area contributed by atoms with Gasteiger partial charge in [0.15, 0.2) is 0 Å². The van der Waals surface area contributed by atoms with Crippen molar-refractivity contribution in [2.24, 2.45) is 5.92 Å². The number of benzene rings is 2. The highest BCUT2D eigenvalue weighted by Gasteiger charge is 2.35. The normalized spacial score (nSPS) is 16.8. The van der Waals surface area contributed by atoms with E-state index >= 15 is 0 Å². The summed E-state index contributed by atoms with van der Waals surface area (Å²) in [6, 6.07) is 14.6. The fourth-order valence-electron chi connectivity index (χ4n) is 2.71. The summed E-state index contributed by atoms with van der Waals surface area (Å²) in [5.74, 6) is 1.93. The van der Waals surface area contributed by atoms with Gasteiger partial charge in [-0.2, -0.15) is 0 Å². The molecule has 1 N–H and O–H groups in total. The molecule has 0 aliphatic carbocycles. The van der Waals surface area contributed by atoms with Crippen LogP contribution in [-0.2, 0) is 9.59 Å². The molecule has 1 heterocycles. The summed E-state index contributed by atoms with van der Waals surface area (Å²) in [5.41, 5.74) is 2.13. The van der Waals surface area contributed by atoms with Gasteiger partial charge in [-0.3, -0.25) is 9.59 Å². The predicted molar refractivity (Wildman–Crippen MR) is 97.6 cm³/mol. The lowest BCUT2D eigenvalue weighted by Gasteiger charge is -2.17. The number of hydrogen-bond donors (Lipinski definition) is 1. The molecule has 1 unspecified atom stereocenters. The van der Waals surface area contributed by atoms with Gasteiger partial charge < -0.3 is 10.2 Å². The second-order valence-corrected chi connectivity index (χ2v) is 6.52. The first-order chi connectivity index (χ1) is 11.6. The molecule has 0 bridgehead atoms. The zero-order valence-corrected chi connectivity index (χ0v) is 14.4. The van der Waals surface area contributed by atoms with Gasteiger partial charge in [0.05, 0.1) is 5.92 Å². The molecule has 120 valence electrons. The second-order valence-electron chi connectivity index (χ2n) is 5.60. The van der Waals surface area contributed by atoms with Gasteiger partial charge in [-0.05, 0) is 36.4 Å². The van der Waals surface area contributed by atoms with Crippen molar-refractivity contribution in [1.82, 2.24) is 0 Å². The molecule has 0 spiro atoms. The molecule has 4 nitrogen and oxygen atoms in total. The third-order valence-electron chi connectivity index (χ3n) is 3.91. The van der Waals surface area contributed by atoms with E-state index in [1.807, 2.05) is 24.3 Å².